The van der Waals surface area contributed by atoms with Crippen molar-refractivity contribution in [3.05, 3.63) is 84.8 Å². The van der Waals surface area contributed by atoms with E-state index in [1.165, 1.54) is 5.39 Å². The van der Waals surface area contributed by atoms with Crippen molar-refractivity contribution in [2.45, 2.75) is 39.5 Å². The maximum Gasteiger partial charge on any atom is 0.109 e. The number of nitrogens with zero attached hydrogens (tertiary/aromatic N) is 4. The summed E-state index contributed by atoms with van der Waals surface area (Å²) in [5.74, 6) is 2.68. The fraction of sp³-hybridized carbons (Fsp3) is 0.188. The molecule has 0 aliphatic rings. The van der Waals surface area contributed by atoms with Crippen LogP contribution in [0.2, 0.25) is 0 Å². The number of nitrogens with one attached hydrogen (secondary N) is 2. The molecule has 3 aromatic carbocycles. The minimum Gasteiger partial charge on any atom is -0.342 e. The minimum atomic E-state index is 0.316. The summed E-state index contributed by atoms with van der Waals surface area (Å²) in [7, 11) is 0. The fourth-order valence-corrected chi connectivity index (χ4v) is 5.25. The quantitative estimate of drug-likeness (QED) is 0.241. The highest BCUT2D eigenvalue weighted by Gasteiger charge is 2.16. The third-order valence-corrected chi connectivity index (χ3v) is 7.36. The molecule has 0 aliphatic carbocycles. The van der Waals surface area contributed by atoms with Crippen molar-refractivity contribution in [1.82, 2.24) is 29.9 Å². The van der Waals surface area contributed by atoms with E-state index >= 15 is 0 Å². The first-order valence-corrected chi connectivity index (χ1v) is 13.1. The second-order valence-corrected chi connectivity index (χ2v) is 10.6. The molecule has 0 bridgehead atoms. The molecular weight excluding hydrogens is 468 g/mol. The first-order valence-electron chi connectivity index (χ1n) is 13.1. The molecule has 7 rings (SSSR count). The maximum atomic E-state index is 5.03. The van der Waals surface area contributed by atoms with Crippen LogP contribution in [0.15, 0.2) is 73.2 Å². The number of fused-ring (bicyclic) bond motifs is 7. The molecule has 6 heteroatoms. The van der Waals surface area contributed by atoms with Crippen LogP contribution in [0.5, 0.6) is 0 Å². The Kier molecular flexibility index (Phi) is 5.05. The minimum absolute atomic E-state index is 0.316. The summed E-state index contributed by atoms with van der Waals surface area (Å²) in [6.45, 7) is 8.60. The van der Waals surface area contributed by atoms with E-state index in [1.807, 2.05) is 18.6 Å². The van der Waals surface area contributed by atoms with Crippen LogP contribution in [-0.4, -0.2) is 29.9 Å². The third-order valence-electron chi connectivity index (χ3n) is 7.36. The van der Waals surface area contributed by atoms with Gasteiger partial charge in [0.15, 0.2) is 0 Å². The number of hydrogen-bond acceptors (Lipinski definition) is 4. The van der Waals surface area contributed by atoms with Gasteiger partial charge in [0.25, 0.3) is 0 Å². The highest BCUT2D eigenvalue weighted by atomic mass is 14.9. The predicted octanol–water partition coefficient (Wildman–Crippen LogP) is 8.12. The van der Waals surface area contributed by atoms with Crippen LogP contribution in [-0.2, 0) is 0 Å². The predicted molar refractivity (Wildman–Crippen MR) is 155 cm³/mol. The van der Waals surface area contributed by atoms with Crippen molar-refractivity contribution in [3.63, 3.8) is 0 Å². The van der Waals surface area contributed by atoms with Gasteiger partial charge in [0.1, 0.15) is 11.6 Å². The van der Waals surface area contributed by atoms with Crippen molar-refractivity contribution >= 4 is 43.5 Å². The van der Waals surface area contributed by atoms with Gasteiger partial charge >= 0.3 is 0 Å². The molecule has 0 atom stereocenters. The highest BCUT2D eigenvalue weighted by Crippen LogP contribution is 2.36. The molecule has 6 nitrogen and oxygen atoms in total. The molecule has 38 heavy (non-hydrogen) atoms. The molecule has 0 aliphatic heterocycles. The van der Waals surface area contributed by atoms with Gasteiger partial charge in [-0.05, 0) is 41.1 Å². The summed E-state index contributed by atoms with van der Waals surface area (Å²) < 4.78 is 0. The lowest BCUT2D eigenvalue weighted by atomic mass is 9.98. The zero-order valence-electron chi connectivity index (χ0n) is 21.9. The van der Waals surface area contributed by atoms with Crippen LogP contribution < -0.4 is 0 Å². The fourth-order valence-electron chi connectivity index (χ4n) is 5.25. The largest absolute Gasteiger partial charge is 0.342 e. The van der Waals surface area contributed by atoms with E-state index in [0.717, 1.165) is 72.3 Å². The lowest BCUT2D eigenvalue weighted by molar-refractivity contribution is 0.795. The Labute approximate surface area is 220 Å². The SMILES string of the molecule is CC(C)c1ncc(-c2ccc3nc(-c4ccc5c(c4)c4ccncc4c4nc(C(C)C)[nH]c54)ccc3c2)[nH]1. The van der Waals surface area contributed by atoms with E-state index in [0.29, 0.717) is 11.8 Å². The van der Waals surface area contributed by atoms with Crippen molar-refractivity contribution in [1.29, 1.82) is 0 Å². The topological polar surface area (TPSA) is 83.1 Å². The van der Waals surface area contributed by atoms with E-state index in [-0.39, 0.29) is 0 Å². The Morgan fingerprint density at radius 3 is 2.32 bits per heavy atom. The lowest BCUT2D eigenvalue weighted by Crippen LogP contribution is -1.90. The molecular formula is C32H28N6. The van der Waals surface area contributed by atoms with Gasteiger partial charge in [-0.25, -0.2) is 15.0 Å². The van der Waals surface area contributed by atoms with Crippen LogP contribution in [0.1, 0.15) is 51.2 Å². The van der Waals surface area contributed by atoms with Crippen molar-refractivity contribution in [3.8, 4) is 22.5 Å². The molecule has 0 unspecified atom stereocenters. The normalized spacial score (nSPS) is 12.2. The molecule has 7 aromatic rings. The number of H-pyrrole nitrogens is 2. The average Bonchev–Trinajstić information content (AvgIpc) is 3.61. The number of rotatable bonds is 4. The zero-order valence-corrected chi connectivity index (χ0v) is 21.9. The highest BCUT2D eigenvalue weighted by molar-refractivity contribution is 6.23. The summed E-state index contributed by atoms with van der Waals surface area (Å²) >= 11 is 0. The molecule has 4 heterocycles. The Balaban J connectivity index is 1.35. The van der Waals surface area contributed by atoms with Gasteiger partial charge in [-0.2, -0.15) is 0 Å². The van der Waals surface area contributed by atoms with Crippen molar-refractivity contribution < 1.29 is 0 Å². The van der Waals surface area contributed by atoms with Crippen molar-refractivity contribution in [2.75, 3.05) is 0 Å². The number of pyridine rings is 2. The number of hydrogen-bond donors (Lipinski definition) is 2. The number of benzene rings is 3. The summed E-state index contributed by atoms with van der Waals surface area (Å²) in [6, 6.07) is 19.3. The van der Waals surface area contributed by atoms with E-state index in [4.69, 9.17) is 9.97 Å². The molecule has 0 radical (unpaired) electrons. The smallest absolute Gasteiger partial charge is 0.109 e. The standard InChI is InChI=1S/C32H28N6/c1-17(2)31-34-16-28(36-31)20-7-10-26-19(13-20)6-9-27(35-26)21-5-8-23-24(14-21)22-11-12-33-15-25(22)30-29(23)37-32(38-30)18(3)4/h5-18H,1-4H3,(H,34,36)(H,37,38). The van der Waals surface area contributed by atoms with Crippen molar-refractivity contribution in [2.24, 2.45) is 0 Å². The van der Waals surface area contributed by atoms with Crippen LogP contribution >= 0.6 is 0 Å². The Morgan fingerprint density at radius 1 is 0.658 bits per heavy atom. The number of imidazole rings is 2. The molecule has 2 N–H and O–H groups in total. The maximum absolute atomic E-state index is 5.03. The third kappa shape index (κ3) is 3.56. The number of aromatic amines is 2. The zero-order chi connectivity index (χ0) is 26.0. The molecule has 0 saturated carbocycles. The Morgan fingerprint density at radius 2 is 1.50 bits per heavy atom. The molecule has 4 aromatic heterocycles. The van der Waals surface area contributed by atoms with Crippen LogP contribution in [0.4, 0.5) is 0 Å². The van der Waals surface area contributed by atoms with Gasteiger partial charge in [0, 0.05) is 51.5 Å². The molecule has 0 spiro atoms. The summed E-state index contributed by atoms with van der Waals surface area (Å²) in [6.07, 6.45) is 5.68. The number of aromatic nitrogens is 6. The molecule has 0 amide bonds. The van der Waals surface area contributed by atoms with Gasteiger partial charge in [-0.3, -0.25) is 4.98 Å². The lowest BCUT2D eigenvalue weighted by Gasteiger charge is -2.09. The Bertz CT molecular complexity index is 1990. The van der Waals surface area contributed by atoms with Crippen LogP contribution in [0.25, 0.3) is 66.0 Å². The van der Waals surface area contributed by atoms with Gasteiger partial charge in [0.2, 0.25) is 0 Å². The summed E-state index contributed by atoms with van der Waals surface area (Å²) in [4.78, 5) is 25.9. The van der Waals surface area contributed by atoms with Crippen LogP contribution in [0, 0.1) is 0 Å². The molecule has 0 fully saturated rings. The first kappa shape index (κ1) is 22.6. The first-order chi connectivity index (χ1) is 18.5. The van der Waals surface area contributed by atoms with E-state index in [9.17, 15) is 0 Å². The second-order valence-electron chi connectivity index (χ2n) is 10.6. The molecule has 0 saturated heterocycles. The molecule has 186 valence electrons. The van der Waals surface area contributed by atoms with E-state index in [1.54, 1.807) is 0 Å². The monoisotopic (exact) mass is 496 g/mol. The average molecular weight is 497 g/mol. The summed E-state index contributed by atoms with van der Waals surface area (Å²) in [5, 5.41) is 5.65. The second kappa shape index (κ2) is 8.48. The Hall–Kier alpha value is -4.58. The van der Waals surface area contributed by atoms with Gasteiger partial charge in [0.05, 0.1) is 34.1 Å². The van der Waals surface area contributed by atoms with E-state index in [2.05, 4.69) is 102 Å². The summed E-state index contributed by atoms with van der Waals surface area (Å²) in [5.41, 5.74) is 7.19. The van der Waals surface area contributed by atoms with Gasteiger partial charge in [-0.15, -0.1) is 0 Å². The van der Waals surface area contributed by atoms with E-state index < -0.39 is 0 Å². The van der Waals surface area contributed by atoms with Gasteiger partial charge < -0.3 is 9.97 Å². The van der Waals surface area contributed by atoms with Gasteiger partial charge in [-0.1, -0.05) is 52.0 Å². The van der Waals surface area contributed by atoms with Crippen LogP contribution in [0.3, 0.4) is 0 Å².